The van der Waals surface area contributed by atoms with Gasteiger partial charge in [0.05, 0.1) is 28.2 Å². The van der Waals surface area contributed by atoms with E-state index in [1.54, 1.807) is 24.3 Å². The second kappa shape index (κ2) is 13.9. The van der Waals surface area contributed by atoms with Crippen molar-refractivity contribution in [2.45, 2.75) is 37.3 Å². The van der Waals surface area contributed by atoms with Crippen LogP contribution in [0.1, 0.15) is 44.8 Å². The van der Waals surface area contributed by atoms with Crippen molar-refractivity contribution in [2.75, 3.05) is 0 Å². The van der Waals surface area contributed by atoms with Crippen LogP contribution in [-0.2, 0) is 17.6 Å². The van der Waals surface area contributed by atoms with E-state index in [1.807, 2.05) is 0 Å². The van der Waals surface area contributed by atoms with Crippen molar-refractivity contribution < 1.29 is 80.3 Å². The van der Waals surface area contributed by atoms with E-state index in [2.05, 4.69) is 9.97 Å². The number of ether oxygens (including phenoxy) is 3. The lowest BCUT2D eigenvalue weighted by atomic mass is 9.83. The van der Waals surface area contributed by atoms with Gasteiger partial charge in [-0.05, 0) is 36.4 Å². The van der Waals surface area contributed by atoms with Crippen LogP contribution in [0.4, 0.5) is 0 Å². The van der Waals surface area contributed by atoms with E-state index in [9.17, 15) is 66.1 Å². The minimum absolute atomic E-state index is 0.0253. The highest BCUT2D eigenvalue weighted by molar-refractivity contribution is 5.98. The molecule has 0 spiro atoms. The summed E-state index contributed by atoms with van der Waals surface area (Å²) in [6, 6.07) is 15.0. The number of aliphatic hydroxyl groups is 1. The lowest BCUT2D eigenvalue weighted by molar-refractivity contribution is -0.0188. The van der Waals surface area contributed by atoms with Gasteiger partial charge in [-0.25, -0.2) is 14.8 Å². The fraction of sp³-hybridized carbons (Fsp3) is 0.140. The van der Waals surface area contributed by atoms with Crippen LogP contribution in [0, 0.1) is 0 Å². The first-order chi connectivity index (χ1) is 29.1. The number of aromatic nitrogens is 2. The Balaban J connectivity index is 1.30. The number of para-hydroxylation sites is 2. The highest BCUT2D eigenvalue weighted by Gasteiger charge is 2.42. The summed E-state index contributed by atoms with van der Waals surface area (Å²) in [5.41, 5.74) is -0.884. The molecule has 0 aliphatic carbocycles. The zero-order valence-corrected chi connectivity index (χ0v) is 31.0. The predicted molar refractivity (Wildman–Crippen MR) is 209 cm³/mol. The van der Waals surface area contributed by atoms with Crippen molar-refractivity contribution in [2.24, 2.45) is 0 Å². The number of carbonyl (C=O) groups is 1. The Morgan fingerprint density at radius 2 is 1.10 bits per heavy atom. The van der Waals surface area contributed by atoms with E-state index in [-0.39, 0.29) is 68.3 Å². The first-order valence-electron chi connectivity index (χ1n) is 18.3. The second-order valence-corrected chi connectivity index (χ2v) is 14.6. The van der Waals surface area contributed by atoms with Gasteiger partial charge in [-0.3, -0.25) is 0 Å². The molecule has 4 atom stereocenters. The normalized spacial score (nSPS) is 18.2. The number of benzene rings is 6. The van der Waals surface area contributed by atoms with E-state index in [4.69, 9.17) is 14.2 Å². The van der Waals surface area contributed by atoms with Crippen molar-refractivity contribution in [1.82, 2.24) is 9.97 Å². The molecule has 9 rings (SSSR count). The molecule has 0 radical (unpaired) electrons. The minimum Gasteiger partial charge on any atom is -0.508 e. The Morgan fingerprint density at radius 3 is 1.74 bits per heavy atom. The summed E-state index contributed by atoms with van der Waals surface area (Å²) in [5, 5.41) is 130. The van der Waals surface area contributed by atoms with Crippen LogP contribution in [-0.4, -0.2) is 89.4 Å². The number of rotatable bonds is 5. The smallest absolute Gasteiger partial charge is 0.338 e. The van der Waals surface area contributed by atoms with Crippen molar-refractivity contribution >= 4 is 28.0 Å². The standard InChI is InChI=1S/C43H32N2O16/c46-16-7-25(48)18-12-30(53)41(59-31(18)9-16)20-11-24-36(45-23-4-2-1-3-22(23)44-24)39(56)34(20)35-21(13-29(52)38(55)40(35)57)42-33(14-19-26(49)8-17(47)10-32(19)60-42)61-43(58)15-5-27(50)37(54)28(51)6-15/h1-11,13,30,33,41-42,46-57H,12,14H2. The number of hydrogen-bond acceptors (Lipinski definition) is 18. The molecule has 7 aromatic rings. The first kappa shape index (κ1) is 38.3. The van der Waals surface area contributed by atoms with Gasteiger partial charge in [0.15, 0.2) is 46.7 Å². The molecule has 2 aliphatic heterocycles. The number of aromatic hydroxyl groups is 11. The second-order valence-electron chi connectivity index (χ2n) is 14.6. The van der Waals surface area contributed by atoms with Gasteiger partial charge in [0.1, 0.15) is 46.1 Å². The minimum atomic E-state index is -1.68. The third-order valence-electron chi connectivity index (χ3n) is 10.7. The number of aliphatic hydroxyl groups excluding tert-OH is 1. The molecule has 0 bridgehead atoms. The van der Waals surface area contributed by atoms with Crippen LogP contribution in [0.15, 0.2) is 72.8 Å². The topological polar surface area (TPSA) is 313 Å². The molecule has 0 saturated heterocycles. The summed E-state index contributed by atoms with van der Waals surface area (Å²) in [6.45, 7) is 0. The van der Waals surface area contributed by atoms with Crippen LogP contribution in [0.2, 0.25) is 0 Å². The van der Waals surface area contributed by atoms with Crippen molar-refractivity contribution in [3.8, 4) is 85.9 Å². The van der Waals surface area contributed by atoms with E-state index in [0.717, 1.165) is 36.4 Å². The fourth-order valence-corrected chi connectivity index (χ4v) is 7.87. The Morgan fingerprint density at radius 1 is 0.557 bits per heavy atom. The lowest BCUT2D eigenvalue weighted by Gasteiger charge is -2.36. The molecular weight excluding hydrogens is 800 g/mol. The van der Waals surface area contributed by atoms with E-state index in [1.165, 1.54) is 12.1 Å². The summed E-state index contributed by atoms with van der Waals surface area (Å²) in [7, 11) is 0. The number of hydrogen-bond donors (Lipinski definition) is 12. The average Bonchev–Trinajstić information content (AvgIpc) is 3.21. The molecule has 18 nitrogen and oxygen atoms in total. The SMILES string of the molecule is O=C(OC1Cc2c(O)cc(O)cc2OC1c1cc(O)c(O)c(O)c1-c1c(C2Oc3cc(O)cc(O)c3CC2O)cc2nc3ccccc3nc2c1O)c1cc(O)c(O)c(O)c1. The maximum absolute atomic E-state index is 13.7. The third kappa shape index (κ3) is 6.29. The first-order valence-corrected chi connectivity index (χ1v) is 18.3. The number of fused-ring (bicyclic) bond motifs is 4. The molecule has 0 fully saturated rings. The van der Waals surface area contributed by atoms with Gasteiger partial charge in [-0.2, -0.15) is 0 Å². The zero-order valence-electron chi connectivity index (χ0n) is 31.0. The Labute approximate surface area is 341 Å². The molecule has 6 aromatic carbocycles. The highest BCUT2D eigenvalue weighted by atomic mass is 16.6. The summed E-state index contributed by atoms with van der Waals surface area (Å²) >= 11 is 0. The molecule has 3 heterocycles. The molecule has 2 aliphatic rings. The van der Waals surface area contributed by atoms with Crippen molar-refractivity contribution in [1.29, 1.82) is 0 Å². The molecule has 0 amide bonds. The van der Waals surface area contributed by atoms with Crippen LogP contribution in [0.5, 0.6) is 74.7 Å². The molecule has 1 aromatic heterocycles. The van der Waals surface area contributed by atoms with E-state index in [0.29, 0.717) is 11.0 Å². The molecule has 12 N–H and O–H groups in total. The summed E-state index contributed by atoms with van der Waals surface area (Å²) < 4.78 is 18.3. The fourth-order valence-electron chi connectivity index (χ4n) is 7.87. The number of phenolic OH excluding ortho intramolecular Hbond substituents is 11. The molecule has 18 heteroatoms. The summed E-state index contributed by atoms with van der Waals surface area (Å²) in [4.78, 5) is 23.0. The quantitative estimate of drug-likeness (QED) is 0.0606. The van der Waals surface area contributed by atoms with Gasteiger partial charge in [0.2, 0.25) is 5.75 Å². The van der Waals surface area contributed by atoms with E-state index >= 15 is 0 Å². The molecule has 61 heavy (non-hydrogen) atoms. The summed E-state index contributed by atoms with van der Waals surface area (Å²) in [6.07, 6.45) is -6.87. The molecule has 4 unspecified atom stereocenters. The number of nitrogens with zero attached hydrogens (tertiary/aromatic N) is 2. The van der Waals surface area contributed by atoms with Crippen LogP contribution in [0.25, 0.3) is 33.2 Å². The lowest BCUT2D eigenvalue weighted by Crippen LogP contribution is -2.35. The zero-order chi connectivity index (χ0) is 43.2. The van der Waals surface area contributed by atoms with Crippen molar-refractivity contribution in [3.05, 3.63) is 101 Å². The van der Waals surface area contributed by atoms with Crippen LogP contribution in [0.3, 0.4) is 0 Å². The molecular formula is C43H32N2O16. The average molecular weight is 833 g/mol. The largest absolute Gasteiger partial charge is 0.508 e. The van der Waals surface area contributed by atoms with E-state index < -0.39 is 99.7 Å². The maximum Gasteiger partial charge on any atom is 0.338 e. The monoisotopic (exact) mass is 832 g/mol. The van der Waals surface area contributed by atoms with Crippen molar-refractivity contribution in [3.63, 3.8) is 0 Å². The summed E-state index contributed by atoms with van der Waals surface area (Å²) in [5.74, 6) is -9.51. The van der Waals surface area contributed by atoms with Gasteiger partial charge in [-0.1, -0.05) is 12.1 Å². The molecule has 0 saturated carbocycles. The number of phenols is 11. The Hall–Kier alpha value is -8.25. The van der Waals surface area contributed by atoms with Gasteiger partial charge in [0, 0.05) is 70.5 Å². The van der Waals surface area contributed by atoms with Gasteiger partial charge >= 0.3 is 5.97 Å². The number of carbonyl (C=O) groups excluding carboxylic acids is 1. The molecule has 310 valence electrons. The van der Waals surface area contributed by atoms with Gasteiger partial charge < -0.3 is 75.5 Å². The van der Waals surface area contributed by atoms with Crippen LogP contribution >= 0.6 is 0 Å². The third-order valence-corrected chi connectivity index (χ3v) is 10.7. The van der Waals surface area contributed by atoms with Crippen LogP contribution < -0.4 is 9.47 Å². The Kier molecular flexibility index (Phi) is 8.75. The van der Waals surface area contributed by atoms with Gasteiger partial charge in [0.25, 0.3) is 0 Å². The Bertz CT molecular complexity index is 2990. The maximum atomic E-state index is 13.7. The number of esters is 1. The van der Waals surface area contributed by atoms with Gasteiger partial charge in [-0.15, -0.1) is 0 Å². The predicted octanol–water partition coefficient (Wildman–Crippen LogP) is 5.15. The highest BCUT2D eigenvalue weighted by Crippen LogP contribution is 2.56.